The molecule has 0 unspecified atom stereocenters. The van der Waals surface area contributed by atoms with Crippen LogP contribution in [0.5, 0.6) is 0 Å². The van der Waals surface area contributed by atoms with Gasteiger partial charge in [-0.3, -0.25) is 4.79 Å². The Morgan fingerprint density at radius 1 is 1.19 bits per heavy atom. The van der Waals surface area contributed by atoms with Crippen LogP contribution in [0.1, 0.15) is 16.3 Å². The number of rotatable bonds is 4. The third kappa shape index (κ3) is 2.91. The van der Waals surface area contributed by atoms with Crippen LogP contribution in [0, 0.1) is 0 Å². The predicted molar refractivity (Wildman–Crippen MR) is 71.3 cm³/mol. The number of nitrogens with one attached hydrogen (secondary N) is 1. The summed E-state index contributed by atoms with van der Waals surface area (Å²) >= 11 is 0. The Morgan fingerprint density at radius 3 is 2.71 bits per heavy atom. The summed E-state index contributed by atoms with van der Waals surface area (Å²) in [6, 6.07) is 9.43. The summed E-state index contributed by atoms with van der Waals surface area (Å²) in [7, 11) is 1.66. The van der Waals surface area contributed by atoms with Crippen molar-refractivity contribution in [3.63, 3.8) is 0 Å². The minimum atomic E-state index is -0.343. The van der Waals surface area contributed by atoms with Crippen molar-refractivity contribution < 1.29 is 4.79 Å². The summed E-state index contributed by atoms with van der Waals surface area (Å²) in [6.45, 7) is 0.185. The molecule has 9 heteroatoms. The molecule has 0 atom stereocenters. The molecule has 2 aromatic heterocycles. The zero-order valence-electron chi connectivity index (χ0n) is 11.2. The standard InChI is InChI=1S/C12H12N8O/c1-19-16-11(15-17-19)7-13-12(21)10-8-20(18-14-10)9-5-3-2-4-6-9/h2-6,8H,7H2,1H3,(H,13,21). The molecule has 3 aromatic rings. The van der Waals surface area contributed by atoms with Gasteiger partial charge in [-0.15, -0.1) is 15.3 Å². The maximum atomic E-state index is 12.0. The highest BCUT2D eigenvalue weighted by Crippen LogP contribution is 2.05. The van der Waals surface area contributed by atoms with Crippen molar-refractivity contribution in [3.8, 4) is 5.69 Å². The van der Waals surface area contributed by atoms with Gasteiger partial charge in [0.05, 0.1) is 25.5 Å². The quantitative estimate of drug-likeness (QED) is 0.706. The third-order valence-corrected chi connectivity index (χ3v) is 2.70. The number of carbonyl (C=O) groups excluding carboxylic acids is 1. The number of aromatic nitrogens is 7. The van der Waals surface area contributed by atoms with Crippen LogP contribution in [0.3, 0.4) is 0 Å². The fourth-order valence-corrected chi connectivity index (χ4v) is 1.72. The van der Waals surface area contributed by atoms with Crippen molar-refractivity contribution in [1.82, 2.24) is 40.5 Å². The van der Waals surface area contributed by atoms with Gasteiger partial charge in [-0.1, -0.05) is 23.4 Å². The van der Waals surface area contributed by atoms with E-state index in [9.17, 15) is 4.79 Å². The number of aryl methyl sites for hydroxylation is 1. The van der Waals surface area contributed by atoms with E-state index in [2.05, 4.69) is 31.0 Å². The van der Waals surface area contributed by atoms with E-state index < -0.39 is 0 Å². The third-order valence-electron chi connectivity index (χ3n) is 2.70. The minimum Gasteiger partial charge on any atom is -0.343 e. The Bertz CT molecular complexity index is 747. The molecule has 2 heterocycles. The predicted octanol–water partition coefficient (Wildman–Crippen LogP) is -0.279. The number of amides is 1. The molecule has 1 amide bonds. The van der Waals surface area contributed by atoms with E-state index in [4.69, 9.17) is 0 Å². The molecular weight excluding hydrogens is 272 g/mol. The van der Waals surface area contributed by atoms with Gasteiger partial charge in [0, 0.05) is 0 Å². The molecular formula is C12H12N8O. The molecule has 0 bridgehead atoms. The number of hydrogen-bond acceptors (Lipinski definition) is 6. The van der Waals surface area contributed by atoms with Crippen molar-refractivity contribution in [2.75, 3.05) is 0 Å². The van der Waals surface area contributed by atoms with Gasteiger partial charge >= 0.3 is 0 Å². The second-order valence-electron chi connectivity index (χ2n) is 4.26. The second kappa shape index (κ2) is 5.49. The lowest BCUT2D eigenvalue weighted by Crippen LogP contribution is -2.23. The van der Waals surface area contributed by atoms with Crippen LogP contribution in [0.4, 0.5) is 0 Å². The Hall–Kier alpha value is -3.10. The first-order valence-corrected chi connectivity index (χ1v) is 6.21. The zero-order chi connectivity index (χ0) is 14.7. The molecule has 0 saturated carbocycles. The molecule has 0 saturated heterocycles. The van der Waals surface area contributed by atoms with Gasteiger partial charge in [0.2, 0.25) is 0 Å². The van der Waals surface area contributed by atoms with Gasteiger partial charge in [0.1, 0.15) is 0 Å². The summed E-state index contributed by atoms with van der Waals surface area (Å²) in [4.78, 5) is 13.3. The van der Waals surface area contributed by atoms with E-state index >= 15 is 0 Å². The van der Waals surface area contributed by atoms with Gasteiger partial charge in [-0.05, 0) is 17.3 Å². The van der Waals surface area contributed by atoms with E-state index in [-0.39, 0.29) is 18.1 Å². The number of carbonyl (C=O) groups is 1. The van der Waals surface area contributed by atoms with Crippen LogP contribution in [-0.4, -0.2) is 41.1 Å². The largest absolute Gasteiger partial charge is 0.343 e. The van der Waals surface area contributed by atoms with E-state index in [0.29, 0.717) is 5.82 Å². The molecule has 0 spiro atoms. The average molecular weight is 284 g/mol. The van der Waals surface area contributed by atoms with Crippen molar-refractivity contribution in [3.05, 3.63) is 48.0 Å². The zero-order valence-corrected chi connectivity index (χ0v) is 11.2. The SMILES string of the molecule is Cn1nnc(CNC(=O)c2cn(-c3ccccc3)nn2)n1. The van der Waals surface area contributed by atoms with E-state index in [1.807, 2.05) is 30.3 Å². The molecule has 106 valence electrons. The van der Waals surface area contributed by atoms with Crippen LogP contribution in [0.15, 0.2) is 36.5 Å². The molecule has 0 aliphatic carbocycles. The number of para-hydroxylation sites is 1. The topological polar surface area (TPSA) is 103 Å². The first-order valence-electron chi connectivity index (χ1n) is 6.21. The molecule has 0 fully saturated rings. The highest BCUT2D eigenvalue weighted by Gasteiger charge is 2.12. The van der Waals surface area contributed by atoms with Crippen molar-refractivity contribution >= 4 is 5.91 Å². The monoisotopic (exact) mass is 284 g/mol. The first-order chi connectivity index (χ1) is 10.2. The maximum absolute atomic E-state index is 12.0. The molecule has 3 rings (SSSR count). The minimum absolute atomic E-state index is 0.185. The van der Waals surface area contributed by atoms with E-state index in [1.54, 1.807) is 13.2 Å². The fraction of sp³-hybridized carbons (Fsp3) is 0.167. The summed E-state index contributed by atoms with van der Waals surface area (Å²) in [5.41, 5.74) is 1.06. The lowest BCUT2D eigenvalue weighted by molar-refractivity contribution is 0.0944. The van der Waals surface area contributed by atoms with Gasteiger partial charge < -0.3 is 5.32 Å². The van der Waals surface area contributed by atoms with Crippen molar-refractivity contribution in [2.45, 2.75) is 6.54 Å². The van der Waals surface area contributed by atoms with Gasteiger partial charge in [-0.2, -0.15) is 4.80 Å². The van der Waals surface area contributed by atoms with Crippen molar-refractivity contribution in [2.24, 2.45) is 7.05 Å². The normalized spacial score (nSPS) is 10.5. The number of hydrogen-bond donors (Lipinski definition) is 1. The van der Waals surface area contributed by atoms with Gasteiger partial charge in [-0.25, -0.2) is 4.68 Å². The Labute approximate surface area is 119 Å². The fourth-order valence-electron chi connectivity index (χ4n) is 1.72. The maximum Gasteiger partial charge on any atom is 0.273 e. The highest BCUT2D eigenvalue weighted by atomic mass is 16.2. The molecule has 0 aliphatic heterocycles. The van der Waals surface area contributed by atoms with Crippen molar-refractivity contribution in [1.29, 1.82) is 0 Å². The Balaban J connectivity index is 1.67. The molecule has 9 nitrogen and oxygen atoms in total. The molecule has 1 aromatic carbocycles. The summed E-state index contributed by atoms with van der Waals surface area (Å²) in [6.07, 6.45) is 1.56. The van der Waals surface area contributed by atoms with E-state index in [0.717, 1.165) is 5.69 Å². The van der Waals surface area contributed by atoms with Gasteiger partial charge in [0.25, 0.3) is 5.91 Å². The average Bonchev–Trinajstić information content (AvgIpc) is 3.15. The number of benzene rings is 1. The van der Waals surface area contributed by atoms with Crippen LogP contribution in [0.2, 0.25) is 0 Å². The molecule has 21 heavy (non-hydrogen) atoms. The van der Waals surface area contributed by atoms with Crippen LogP contribution < -0.4 is 5.32 Å². The smallest absolute Gasteiger partial charge is 0.273 e. The first kappa shape index (κ1) is 12.9. The number of tetrazole rings is 1. The van der Waals surface area contributed by atoms with Gasteiger partial charge in [0.15, 0.2) is 11.5 Å². The second-order valence-corrected chi connectivity index (χ2v) is 4.26. The molecule has 0 radical (unpaired) electrons. The van der Waals surface area contributed by atoms with Crippen LogP contribution in [-0.2, 0) is 13.6 Å². The lowest BCUT2D eigenvalue weighted by Gasteiger charge is -1.98. The van der Waals surface area contributed by atoms with Crippen LogP contribution >= 0.6 is 0 Å². The number of nitrogens with zero attached hydrogens (tertiary/aromatic N) is 7. The summed E-state index contributed by atoms with van der Waals surface area (Å²) in [5, 5.41) is 21.9. The Kier molecular flexibility index (Phi) is 3.37. The lowest BCUT2D eigenvalue weighted by atomic mass is 10.3. The summed E-state index contributed by atoms with van der Waals surface area (Å²) in [5.74, 6) is 0.0888. The van der Waals surface area contributed by atoms with Crippen LogP contribution in [0.25, 0.3) is 5.69 Å². The Morgan fingerprint density at radius 2 is 2.00 bits per heavy atom. The summed E-state index contributed by atoms with van der Waals surface area (Å²) < 4.78 is 1.54. The highest BCUT2D eigenvalue weighted by molar-refractivity contribution is 5.91. The molecule has 1 N–H and O–H groups in total. The molecule has 0 aliphatic rings. The van der Waals surface area contributed by atoms with E-state index in [1.165, 1.54) is 9.48 Å².